The molecule has 86 valence electrons. The highest BCUT2D eigenvalue weighted by Gasteiger charge is 2.36. The topological polar surface area (TPSA) is 83.6 Å². The summed E-state index contributed by atoms with van der Waals surface area (Å²) < 4.78 is 0. The maximum atomic E-state index is 11.8. The van der Waals surface area contributed by atoms with Crippen LogP contribution >= 0.6 is 0 Å². The van der Waals surface area contributed by atoms with E-state index in [1.54, 1.807) is 0 Å². The van der Waals surface area contributed by atoms with Gasteiger partial charge in [-0.2, -0.15) is 0 Å². The molecule has 1 heterocycles. The van der Waals surface area contributed by atoms with Gasteiger partial charge in [0.25, 0.3) is 0 Å². The number of nitrogens with zero attached hydrogens (tertiary/aromatic N) is 1. The van der Waals surface area contributed by atoms with E-state index in [-0.39, 0.29) is 11.8 Å². The summed E-state index contributed by atoms with van der Waals surface area (Å²) >= 11 is 0. The van der Waals surface area contributed by atoms with E-state index in [1.807, 2.05) is 13.8 Å². The molecule has 1 aliphatic heterocycles. The van der Waals surface area contributed by atoms with Gasteiger partial charge in [-0.25, -0.2) is 4.79 Å². The van der Waals surface area contributed by atoms with Crippen molar-refractivity contribution in [3.63, 3.8) is 0 Å². The number of carbonyl (C=O) groups is 2. The van der Waals surface area contributed by atoms with Crippen LogP contribution in [0, 0.1) is 5.92 Å². The van der Waals surface area contributed by atoms with Crippen molar-refractivity contribution in [2.45, 2.75) is 38.8 Å². The summed E-state index contributed by atoms with van der Waals surface area (Å²) in [5.41, 5.74) is 5.72. The van der Waals surface area contributed by atoms with Gasteiger partial charge in [0.05, 0.1) is 6.04 Å². The third kappa shape index (κ3) is 2.47. The summed E-state index contributed by atoms with van der Waals surface area (Å²) in [7, 11) is 0. The van der Waals surface area contributed by atoms with Crippen molar-refractivity contribution in [1.29, 1.82) is 0 Å². The van der Waals surface area contributed by atoms with Crippen LogP contribution in [0.25, 0.3) is 0 Å². The van der Waals surface area contributed by atoms with Crippen molar-refractivity contribution < 1.29 is 14.7 Å². The fraction of sp³-hybridized carbons (Fsp3) is 0.800. The molecular formula is C10H18N2O3. The number of carboxylic acids is 1. The van der Waals surface area contributed by atoms with E-state index in [0.29, 0.717) is 13.0 Å². The van der Waals surface area contributed by atoms with E-state index in [2.05, 4.69) is 0 Å². The van der Waals surface area contributed by atoms with E-state index in [9.17, 15) is 9.59 Å². The highest BCUT2D eigenvalue weighted by Crippen LogP contribution is 2.19. The Labute approximate surface area is 89.2 Å². The van der Waals surface area contributed by atoms with Crippen molar-refractivity contribution in [2.75, 3.05) is 6.54 Å². The van der Waals surface area contributed by atoms with Gasteiger partial charge in [-0.05, 0) is 18.8 Å². The molecule has 0 aliphatic carbocycles. The number of nitrogens with two attached hydrogens (primary N) is 1. The molecule has 0 aromatic heterocycles. The molecule has 0 aromatic carbocycles. The zero-order valence-corrected chi connectivity index (χ0v) is 9.14. The van der Waals surface area contributed by atoms with Crippen LogP contribution in [0.3, 0.4) is 0 Å². The van der Waals surface area contributed by atoms with Gasteiger partial charge >= 0.3 is 5.97 Å². The Morgan fingerprint density at radius 1 is 1.47 bits per heavy atom. The quantitative estimate of drug-likeness (QED) is 0.695. The Morgan fingerprint density at radius 3 is 2.53 bits per heavy atom. The second-order valence-electron chi connectivity index (χ2n) is 4.30. The van der Waals surface area contributed by atoms with Gasteiger partial charge in [0.1, 0.15) is 6.04 Å². The molecule has 2 atom stereocenters. The third-order valence-electron chi connectivity index (χ3n) is 2.82. The molecule has 1 fully saturated rings. The fourth-order valence-corrected chi connectivity index (χ4v) is 1.76. The van der Waals surface area contributed by atoms with Crippen LogP contribution in [0.1, 0.15) is 26.7 Å². The molecule has 0 saturated carbocycles. The predicted molar refractivity (Wildman–Crippen MR) is 55.2 cm³/mol. The summed E-state index contributed by atoms with van der Waals surface area (Å²) in [6.07, 6.45) is 1.28. The molecule has 1 rings (SSSR count). The molecule has 1 aliphatic rings. The molecule has 0 aromatic rings. The Balaban J connectivity index is 2.70. The highest BCUT2D eigenvalue weighted by atomic mass is 16.4. The summed E-state index contributed by atoms with van der Waals surface area (Å²) in [6, 6.07) is -1.27. The van der Waals surface area contributed by atoms with Gasteiger partial charge in [-0.15, -0.1) is 0 Å². The van der Waals surface area contributed by atoms with Crippen LogP contribution in [-0.4, -0.2) is 40.5 Å². The number of amides is 1. The first-order valence-electron chi connectivity index (χ1n) is 5.24. The number of hydrogen-bond donors (Lipinski definition) is 2. The lowest BCUT2D eigenvalue weighted by Crippen LogP contribution is -2.50. The number of aliphatic carboxylic acids is 1. The standard InChI is InChI=1S/C10H18N2O3/c1-6(2)8(11)9(13)12-5-3-4-7(12)10(14)15/h6-8H,3-5,11H2,1-2H3,(H,14,15)/t7-,8+/m0/s1. The molecule has 0 bridgehead atoms. The van der Waals surface area contributed by atoms with Gasteiger partial charge in [-0.3, -0.25) is 4.79 Å². The number of hydrogen-bond acceptors (Lipinski definition) is 3. The zero-order valence-electron chi connectivity index (χ0n) is 9.14. The average Bonchev–Trinajstić information content (AvgIpc) is 2.63. The Hall–Kier alpha value is -1.10. The maximum absolute atomic E-state index is 11.8. The van der Waals surface area contributed by atoms with Gasteiger partial charge < -0.3 is 15.7 Å². The van der Waals surface area contributed by atoms with Crippen molar-refractivity contribution in [1.82, 2.24) is 4.90 Å². The van der Waals surface area contributed by atoms with Gasteiger partial charge in [0, 0.05) is 6.54 Å². The summed E-state index contributed by atoms with van der Waals surface area (Å²) in [5, 5.41) is 8.92. The lowest BCUT2D eigenvalue weighted by molar-refractivity contribution is -0.149. The van der Waals surface area contributed by atoms with Crippen LogP contribution < -0.4 is 5.73 Å². The minimum Gasteiger partial charge on any atom is -0.480 e. The van der Waals surface area contributed by atoms with Crippen molar-refractivity contribution >= 4 is 11.9 Å². The van der Waals surface area contributed by atoms with E-state index in [4.69, 9.17) is 10.8 Å². The smallest absolute Gasteiger partial charge is 0.326 e. The molecule has 0 radical (unpaired) electrons. The van der Waals surface area contributed by atoms with Gasteiger partial charge in [-0.1, -0.05) is 13.8 Å². The lowest BCUT2D eigenvalue weighted by Gasteiger charge is -2.26. The molecule has 15 heavy (non-hydrogen) atoms. The molecule has 0 unspecified atom stereocenters. The van der Waals surface area contributed by atoms with Crippen LogP contribution in [0.15, 0.2) is 0 Å². The molecule has 0 spiro atoms. The summed E-state index contributed by atoms with van der Waals surface area (Å²) in [4.78, 5) is 24.1. The largest absolute Gasteiger partial charge is 0.480 e. The first-order chi connectivity index (χ1) is 6.95. The first-order valence-corrected chi connectivity index (χ1v) is 5.24. The molecule has 5 heteroatoms. The molecule has 1 amide bonds. The Bertz CT molecular complexity index is 265. The fourth-order valence-electron chi connectivity index (χ4n) is 1.76. The SMILES string of the molecule is CC(C)[C@@H](N)C(=O)N1CCC[C@H]1C(=O)O. The van der Waals surface area contributed by atoms with E-state index >= 15 is 0 Å². The van der Waals surface area contributed by atoms with E-state index in [0.717, 1.165) is 6.42 Å². The number of carboxylic acid groups (broad SMARTS) is 1. The van der Waals surface area contributed by atoms with E-state index in [1.165, 1.54) is 4.90 Å². The van der Waals surface area contributed by atoms with Crippen molar-refractivity contribution in [2.24, 2.45) is 11.7 Å². The second kappa shape index (κ2) is 4.61. The molecular weight excluding hydrogens is 196 g/mol. The lowest BCUT2D eigenvalue weighted by atomic mass is 10.0. The van der Waals surface area contributed by atoms with Crippen LogP contribution in [-0.2, 0) is 9.59 Å². The van der Waals surface area contributed by atoms with Crippen LogP contribution in [0.5, 0.6) is 0 Å². The first kappa shape index (κ1) is 12.0. The maximum Gasteiger partial charge on any atom is 0.326 e. The second-order valence-corrected chi connectivity index (χ2v) is 4.30. The Kier molecular flexibility index (Phi) is 3.68. The summed E-state index contributed by atoms with van der Waals surface area (Å²) in [6.45, 7) is 4.22. The summed E-state index contributed by atoms with van der Waals surface area (Å²) in [5.74, 6) is -1.14. The molecule has 3 N–H and O–H groups in total. The van der Waals surface area contributed by atoms with Gasteiger partial charge in [0.2, 0.25) is 5.91 Å². The normalized spacial score (nSPS) is 23.2. The number of carbonyl (C=O) groups excluding carboxylic acids is 1. The van der Waals surface area contributed by atoms with Gasteiger partial charge in [0.15, 0.2) is 0 Å². The number of rotatable bonds is 3. The van der Waals surface area contributed by atoms with E-state index < -0.39 is 18.1 Å². The van der Waals surface area contributed by atoms with Crippen molar-refractivity contribution in [3.05, 3.63) is 0 Å². The monoisotopic (exact) mass is 214 g/mol. The third-order valence-corrected chi connectivity index (χ3v) is 2.82. The molecule has 1 saturated heterocycles. The minimum absolute atomic E-state index is 0.0348. The predicted octanol–water partition coefficient (Wildman–Crippen LogP) is 0.0453. The minimum atomic E-state index is -0.934. The zero-order chi connectivity index (χ0) is 11.6. The van der Waals surface area contributed by atoms with Crippen LogP contribution in [0.4, 0.5) is 0 Å². The molecule has 5 nitrogen and oxygen atoms in total. The highest BCUT2D eigenvalue weighted by molar-refractivity contribution is 5.87. The average molecular weight is 214 g/mol. The Morgan fingerprint density at radius 2 is 2.07 bits per heavy atom. The van der Waals surface area contributed by atoms with Crippen molar-refractivity contribution in [3.8, 4) is 0 Å². The number of likely N-dealkylation sites (tertiary alicyclic amines) is 1. The van der Waals surface area contributed by atoms with Crippen LogP contribution in [0.2, 0.25) is 0 Å².